The summed E-state index contributed by atoms with van der Waals surface area (Å²) in [4.78, 5) is 31.1. The number of carbonyl (C=O) groups excluding carboxylic acids is 2. The molecule has 2 aliphatic heterocycles. The molecular weight excluding hydrogens is 362 g/mol. The second-order valence-electron chi connectivity index (χ2n) is 7.02. The molecule has 1 N–H and O–H groups in total. The van der Waals surface area contributed by atoms with Gasteiger partial charge in [-0.2, -0.15) is 0 Å². The van der Waals surface area contributed by atoms with Crippen LogP contribution in [0, 0.1) is 5.92 Å². The van der Waals surface area contributed by atoms with Gasteiger partial charge < -0.3 is 24.1 Å². The van der Waals surface area contributed by atoms with E-state index in [4.69, 9.17) is 13.9 Å². The minimum Gasteiger partial charge on any atom is -0.454 e. The van der Waals surface area contributed by atoms with Crippen LogP contribution in [0.15, 0.2) is 29.0 Å². The van der Waals surface area contributed by atoms with Crippen LogP contribution in [-0.4, -0.2) is 48.1 Å². The van der Waals surface area contributed by atoms with Gasteiger partial charge in [-0.05, 0) is 37.0 Å². The van der Waals surface area contributed by atoms with Crippen LogP contribution in [0.4, 0.5) is 0 Å². The summed E-state index contributed by atoms with van der Waals surface area (Å²) in [7, 11) is 0. The molecule has 8 heteroatoms. The molecule has 2 amide bonds. The first-order valence-electron chi connectivity index (χ1n) is 9.55. The summed E-state index contributed by atoms with van der Waals surface area (Å²) in [6.45, 7) is 3.91. The van der Waals surface area contributed by atoms with Crippen molar-refractivity contribution in [3.8, 4) is 11.5 Å². The number of nitrogens with one attached hydrogen (secondary N) is 1. The molecule has 0 saturated carbocycles. The first kappa shape index (κ1) is 18.3. The van der Waals surface area contributed by atoms with Gasteiger partial charge in [-0.3, -0.25) is 9.59 Å². The minimum absolute atomic E-state index is 0.0996. The predicted octanol–water partition coefficient (Wildman–Crippen LogP) is 2.25. The van der Waals surface area contributed by atoms with E-state index in [2.05, 4.69) is 10.3 Å². The van der Waals surface area contributed by atoms with Crippen molar-refractivity contribution in [2.24, 2.45) is 5.92 Å². The van der Waals surface area contributed by atoms with Crippen LogP contribution in [0.5, 0.6) is 11.5 Å². The molecule has 8 nitrogen and oxygen atoms in total. The average Bonchev–Trinajstić information content (AvgIpc) is 3.40. The molecule has 28 heavy (non-hydrogen) atoms. The van der Waals surface area contributed by atoms with Gasteiger partial charge in [0.25, 0.3) is 11.8 Å². The number of amides is 2. The highest BCUT2D eigenvalue weighted by Crippen LogP contribution is 2.32. The maximum atomic E-state index is 12.7. The van der Waals surface area contributed by atoms with E-state index in [9.17, 15) is 9.59 Å². The van der Waals surface area contributed by atoms with Gasteiger partial charge in [0.2, 0.25) is 6.79 Å². The number of ether oxygens (including phenoxy) is 2. The number of aromatic nitrogens is 1. The van der Waals surface area contributed by atoms with E-state index in [1.165, 1.54) is 6.39 Å². The third-order valence-corrected chi connectivity index (χ3v) is 5.16. The summed E-state index contributed by atoms with van der Waals surface area (Å²) in [5.41, 5.74) is 0.927. The highest BCUT2D eigenvalue weighted by molar-refractivity contribution is 5.95. The van der Waals surface area contributed by atoms with Gasteiger partial charge in [-0.15, -0.1) is 0 Å². The van der Waals surface area contributed by atoms with E-state index in [0.29, 0.717) is 54.6 Å². The smallest absolute Gasteiger partial charge is 0.276 e. The Morgan fingerprint density at radius 1 is 1.29 bits per heavy atom. The standard InChI is InChI=1S/C20H23N3O5/c1-2-15-18(22-11-26-15)20(25)23-7-3-4-13(10-23)9-21-19(24)14-5-6-16-17(8-14)28-12-27-16/h5-6,8,11,13H,2-4,7,9-10,12H2,1H3,(H,21,24)/t13-/m0/s1. The molecule has 0 spiro atoms. The van der Waals surface area contributed by atoms with Crippen LogP contribution < -0.4 is 14.8 Å². The summed E-state index contributed by atoms with van der Waals surface area (Å²) in [6, 6.07) is 5.14. The Hall–Kier alpha value is -3.03. The number of likely N-dealkylation sites (tertiary alicyclic amines) is 1. The van der Waals surface area contributed by atoms with Crippen LogP contribution in [0.3, 0.4) is 0 Å². The van der Waals surface area contributed by atoms with Gasteiger partial charge in [0, 0.05) is 31.6 Å². The summed E-state index contributed by atoms with van der Waals surface area (Å²) in [6.07, 6.45) is 3.81. The molecule has 1 saturated heterocycles. The Bertz CT molecular complexity index is 878. The number of piperidine rings is 1. The topological polar surface area (TPSA) is 93.9 Å². The number of oxazole rings is 1. The fraction of sp³-hybridized carbons (Fsp3) is 0.450. The molecule has 2 aliphatic rings. The Labute approximate surface area is 162 Å². The monoisotopic (exact) mass is 385 g/mol. The quantitative estimate of drug-likeness (QED) is 0.848. The Balaban J connectivity index is 1.34. The molecule has 1 aromatic heterocycles. The lowest BCUT2D eigenvalue weighted by molar-refractivity contribution is 0.0663. The fourth-order valence-electron chi connectivity index (χ4n) is 3.64. The number of hydrogen-bond donors (Lipinski definition) is 1. The van der Waals surface area contributed by atoms with Crippen LogP contribution in [-0.2, 0) is 6.42 Å². The SMILES string of the molecule is CCc1ocnc1C(=O)N1CCC[C@@H](CNC(=O)c2ccc3c(c2)OCO3)C1. The number of nitrogens with zero attached hydrogens (tertiary/aromatic N) is 2. The van der Waals surface area contributed by atoms with E-state index in [-0.39, 0.29) is 24.5 Å². The van der Waals surface area contributed by atoms with Crippen molar-refractivity contribution in [3.63, 3.8) is 0 Å². The normalized spacial score (nSPS) is 18.2. The molecule has 3 heterocycles. The van der Waals surface area contributed by atoms with Crippen molar-refractivity contribution in [1.29, 1.82) is 0 Å². The maximum absolute atomic E-state index is 12.7. The molecular formula is C20H23N3O5. The van der Waals surface area contributed by atoms with Crippen molar-refractivity contribution in [1.82, 2.24) is 15.2 Å². The highest BCUT2D eigenvalue weighted by Gasteiger charge is 2.28. The lowest BCUT2D eigenvalue weighted by atomic mass is 9.97. The fourth-order valence-corrected chi connectivity index (χ4v) is 3.64. The second-order valence-corrected chi connectivity index (χ2v) is 7.02. The third kappa shape index (κ3) is 3.67. The average molecular weight is 385 g/mol. The van der Waals surface area contributed by atoms with E-state index in [1.54, 1.807) is 23.1 Å². The summed E-state index contributed by atoms with van der Waals surface area (Å²) >= 11 is 0. The van der Waals surface area contributed by atoms with Crippen LogP contribution in [0.2, 0.25) is 0 Å². The molecule has 1 fully saturated rings. The van der Waals surface area contributed by atoms with Crippen molar-refractivity contribution in [2.75, 3.05) is 26.4 Å². The van der Waals surface area contributed by atoms with Gasteiger partial charge in [-0.1, -0.05) is 6.92 Å². The molecule has 148 valence electrons. The van der Waals surface area contributed by atoms with Crippen LogP contribution in [0.25, 0.3) is 0 Å². The zero-order valence-corrected chi connectivity index (χ0v) is 15.8. The summed E-state index contributed by atoms with van der Waals surface area (Å²) in [5, 5.41) is 2.97. The lowest BCUT2D eigenvalue weighted by Crippen LogP contribution is -2.44. The van der Waals surface area contributed by atoms with Gasteiger partial charge in [0.1, 0.15) is 5.76 Å². The lowest BCUT2D eigenvalue weighted by Gasteiger charge is -2.32. The molecule has 0 unspecified atom stereocenters. The highest BCUT2D eigenvalue weighted by atomic mass is 16.7. The molecule has 4 rings (SSSR count). The zero-order chi connectivity index (χ0) is 19.5. The molecule has 1 aromatic carbocycles. The van der Waals surface area contributed by atoms with E-state index in [0.717, 1.165) is 12.8 Å². The largest absolute Gasteiger partial charge is 0.454 e. The molecule has 0 aliphatic carbocycles. The number of rotatable bonds is 5. The summed E-state index contributed by atoms with van der Waals surface area (Å²) in [5.74, 6) is 1.79. The van der Waals surface area contributed by atoms with Gasteiger partial charge in [0.15, 0.2) is 23.6 Å². The van der Waals surface area contributed by atoms with Crippen molar-refractivity contribution in [3.05, 3.63) is 41.6 Å². The predicted molar refractivity (Wildman–Crippen MR) is 99.4 cm³/mol. The first-order chi connectivity index (χ1) is 13.7. The number of fused-ring (bicyclic) bond motifs is 1. The Kier molecular flexibility index (Phi) is 5.18. The summed E-state index contributed by atoms with van der Waals surface area (Å²) < 4.78 is 15.9. The van der Waals surface area contributed by atoms with Gasteiger partial charge in [-0.25, -0.2) is 4.98 Å². The Morgan fingerprint density at radius 2 is 2.14 bits per heavy atom. The van der Waals surface area contributed by atoms with E-state index in [1.807, 2.05) is 6.92 Å². The number of benzene rings is 1. The molecule has 0 bridgehead atoms. The Morgan fingerprint density at radius 3 is 3.00 bits per heavy atom. The minimum atomic E-state index is -0.161. The first-order valence-corrected chi connectivity index (χ1v) is 9.55. The zero-order valence-electron chi connectivity index (χ0n) is 15.8. The van der Waals surface area contributed by atoms with Crippen molar-refractivity contribution in [2.45, 2.75) is 26.2 Å². The van der Waals surface area contributed by atoms with Crippen LogP contribution in [0.1, 0.15) is 46.4 Å². The van der Waals surface area contributed by atoms with Crippen molar-refractivity contribution < 1.29 is 23.5 Å². The molecule has 0 radical (unpaired) electrons. The molecule has 2 aromatic rings. The van der Waals surface area contributed by atoms with Crippen LogP contribution >= 0.6 is 0 Å². The van der Waals surface area contributed by atoms with Gasteiger partial charge >= 0.3 is 0 Å². The maximum Gasteiger partial charge on any atom is 0.276 e. The molecule has 1 atom stereocenters. The van der Waals surface area contributed by atoms with Gasteiger partial charge in [0.05, 0.1) is 0 Å². The van der Waals surface area contributed by atoms with E-state index >= 15 is 0 Å². The number of aryl methyl sites for hydroxylation is 1. The van der Waals surface area contributed by atoms with E-state index < -0.39 is 0 Å². The second kappa shape index (κ2) is 7.92. The van der Waals surface area contributed by atoms with Crippen molar-refractivity contribution >= 4 is 11.8 Å². The third-order valence-electron chi connectivity index (χ3n) is 5.16. The number of hydrogen-bond acceptors (Lipinski definition) is 6. The number of carbonyl (C=O) groups is 2.